The van der Waals surface area contributed by atoms with Crippen LogP contribution in [0.1, 0.15) is 6.42 Å². The number of hydrogen-bond donors (Lipinski definition) is 1. The van der Waals surface area contributed by atoms with Gasteiger partial charge in [-0.2, -0.15) is 22.0 Å². The Kier molecular flexibility index (Phi) is 3.94. The summed E-state index contributed by atoms with van der Waals surface area (Å²) in [5.41, 5.74) is -3.42. The van der Waals surface area contributed by atoms with Crippen molar-refractivity contribution >= 4 is 11.9 Å². The lowest BCUT2D eigenvalue weighted by Crippen LogP contribution is -2.51. The van der Waals surface area contributed by atoms with Crippen molar-refractivity contribution in [1.29, 1.82) is 0 Å². The van der Waals surface area contributed by atoms with Crippen LogP contribution in [0.5, 0.6) is 0 Å². The molecule has 1 aliphatic heterocycles. The van der Waals surface area contributed by atoms with E-state index in [4.69, 9.17) is 5.11 Å². The predicted octanol–water partition coefficient (Wildman–Crippen LogP) is 1.75. The lowest BCUT2D eigenvalue weighted by atomic mass is 9.86. The van der Waals surface area contributed by atoms with Crippen LogP contribution in [0.15, 0.2) is 0 Å². The first-order chi connectivity index (χ1) is 8.86. The molecule has 0 radical (unpaired) electrons. The smallest absolute Gasteiger partial charge is 0.406 e. The Bertz CT molecular complexity index is 422. The highest BCUT2D eigenvalue weighted by Gasteiger charge is 2.66. The van der Waals surface area contributed by atoms with E-state index in [1.165, 1.54) is 0 Å². The van der Waals surface area contributed by atoms with E-state index < -0.39 is 55.3 Å². The summed E-state index contributed by atoms with van der Waals surface area (Å²) in [5.74, 6) is -10.0. The molecule has 1 aliphatic rings. The topological polar surface area (TPSA) is 57.6 Å². The van der Waals surface area contributed by atoms with Gasteiger partial charge in [-0.15, -0.1) is 0 Å². The molecule has 116 valence electrons. The summed E-state index contributed by atoms with van der Waals surface area (Å²) in [4.78, 5) is 21.6. The number of nitrogens with zero attached hydrogens (tertiary/aromatic N) is 1. The Morgan fingerprint density at radius 3 is 1.95 bits per heavy atom. The molecule has 1 N–H and O–H groups in total. The molecule has 0 aromatic carbocycles. The van der Waals surface area contributed by atoms with Crippen LogP contribution < -0.4 is 0 Å². The summed E-state index contributed by atoms with van der Waals surface area (Å²) >= 11 is 0. The molecule has 0 spiro atoms. The first kappa shape index (κ1) is 16.5. The van der Waals surface area contributed by atoms with Gasteiger partial charge >= 0.3 is 24.5 Å². The molecule has 1 amide bonds. The minimum Gasteiger partial charge on any atom is -0.481 e. The highest BCUT2D eigenvalue weighted by Crippen LogP contribution is 2.46. The molecule has 4 nitrogen and oxygen atoms in total. The van der Waals surface area contributed by atoms with E-state index in [-0.39, 0.29) is 4.90 Å². The zero-order valence-corrected chi connectivity index (χ0v) is 9.56. The Morgan fingerprint density at radius 2 is 1.65 bits per heavy atom. The molecule has 0 saturated carbocycles. The maximum atomic E-state index is 12.8. The van der Waals surface area contributed by atoms with Gasteiger partial charge in [-0.25, -0.2) is 8.78 Å². The van der Waals surface area contributed by atoms with Crippen LogP contribution in [0.25, 0.3) is 0 Å². The molecule has 1 fully saturated rings. The van der Waals surface area contributed by atoms with Gasteiger partial charge in [-0.3, -0.25) is 9.59 Å². The van der Waals surface area contributed by atoms with Gasteiger partial charge in [0.25, 0.3) is 5.91 Å². The number of carbonyl (C=O) groups excluding carboxylic acids is 1. The van der Waals surface area contributed by atoms with Crippen molar-refractivity contribution in [2.24, 2.45) is 5.41 Å². The zero-order valence-electron chi connectivity index (χ0n) is 9.56. The third-order valence-corrected chi connectivity index (χ3v) is 3.07. The summed E-state index contributed by atoms with van der Waals surface area (Å²) in [6.45, 7) is -2.61. The molecule has 1 unspecified atom stereocenters. The number of halogens is 7. The van der Waals surface area contributed by atoms with E-state index >= 15 is 0 Å². The molecule has 1 atom stereocenters. The van der Waals surface area contributed by atoms with Crippen molar-refractivity contribution in [3.63, 3.8) is 0 Å². The highest BCUT2D eigenvalue weighted by atomic mass is 19.4. The van der Waals surface area contributed by atoms with E-state index in [0.717, 1.165) is 0 Å². The van der Waals surface area contributed by atoms with Gasteiger partial charge in [0.2, 0.25) is 0 Å². The van der Waals surface area contributed by atoms with Crippen molar-refractivity contribution in [3.8, 4) is 0 Å². The fraction of sp³-hybridized carbons (Fsp3) is 0.778. The molecular weight excluding hydrogens is 303 g/mol. The van der Waals surface area contributed by atoms with E-state index in [2.05, 4.69) is 0 Å². The Balaban J connectivity index is 3.02. The number of rotatable bonds is 3. The van der Waals surface area contributed by atoms with E-state index in [1.54, 1.807) is 0 Å². The van der Waals surface area contributed by atoms with Crippen molar-refractivity contribution < 1.29 is 45.4 Å². The largest absolute Gasteiger partial charge is 0.481 e. The second-order valence-electron chi connectivity index (χ2n) is 4.29. The number of amides is 1. The molecule has 0 aliphatic carbocycles. The Labute approximate surface area is 107 Å². The number of carboxylic acids is 1. The fourth-order valence-electron chi connectivity index (χ4n) is 1.81. The van der Waals surface area contributed by atoms with Crippen LogP contribution in [0.4, 0.5) is 30.7 Å². The number of alkyl halides is 7. The number of hydrogen-bond acceptors (Lipinski definition) is 2. The summed E-state index contributed by atoms with van der Waals surface area (Å²) in [6.07, 6.45) is -10.9. The minimum absolute atomic E-state index is 0.201. The van der Waals surface area contributed by atoms with Crippen molar-refractivity contribution in [2.45, 2.75) is 24.9 Å². The van der Waals surface area contributed by atoms with Crippen LogP contribution in [-0.2, 0) is 9.59 Å². The average Bonchev–Trinajstić information content (AvgIpc) is 2.72. The van der Waals surface area contributed by atoms with Gasteiger partial charge in [0.05, 0.1) is 0 Å². The molecule has 11 heteroatoms. The summed E-state index contributed by atoms with van der Waals surface area (Å²) in [7, 11) is 0. The maximum Gasteiger partial charge on any atom is 0.406 e. The molecule has 1 rings (SSSR count). The van der Waals surface area contributed by atoms with Crippen LogP contribution in [0.2, 0.25) is 0 Å². The van der Waals surface area contributed by atoms with Crippen LogP contribution >= 0.6 is 0 Å². The van der Waals surface area contributed by atoms with E-state index in [1.807, 2.05) is 0 Å². The SMILES string of the molecule is O=C(N1CCC(C(=O)O)(C(F)(F)F)C1)C(F)(F)C(F)F. The van der Waals surface area contributed by atoms with Gasteiger partial charge in [-0.05, 0) is 6.42 Å². The Hall–Kier alpha value is -1.55. The molecule has 0 aromatic rings. The molecule has 0 bridgehead atoms. The number of aliphatic carboxylic acids is 1. The maximum absolute atomic E-state index is 12.8. The molecule has 1 saturated heterocycles. The number of carbonyl (C=O) groups is 2. The number of likely N-dealkylation sites (tertiary alicyclic amines) is 1. The molecule has 20 heavy (non-hydrogen) atoms. The summed E-state index contributed by atoms with van der Waals surface area (Å²) in [5, 5.41) is 8.62. The monoisotopic (exact) mass is 311 g/mol. The lowest BCUT2D eigenvalue weighted by Gasteiger charge is -2.28. The summed E-state index contributed by atoms with van der Waals surface area (Å²) in [6, 6.07) is 0. The second-order valence-corrected chi connectivity index (χ2v) is 4.29. The molecule has 0 aromatic heterocycles. The van der Waals surface area contributed by atoms with Gasteiger partial charge in [0.15, 0.2) is 5.41 Å². The zero-order chi connectivity index (χ0) is 15.9. The van der Waals surface area contributed by atoms with Crippen molar-refractivity contribution in [3.05, 3.63) is 0 Å². The van der Waals surface area contributed by atoms with Gasteiger partial charge in [-0.1, -0.05) is 0 Å². The molecule has 1 heterocycles. The fourth-order valence-corrected chi connectivity index (χ4v) is 1.81. The van der Waals surface area contributed by atoms with Crippen LogP contribution in [-0.4, -0.2) is 53.5 Å². The summed E-state index contributed by atoms with van der Waals surface area (Å²) < 4.78 is 87.6. The first-order valence-electron chi connectivity index (χ1n) is 5.12. The van der Waals surface area contributed by atoms with Crippen molar-refractivity contribution in [1.82, 2.24) is 4.90 Å². The minimum atomic E-state index is -5.30. The van der Waals surface area contributed by atoms with Crippen LogP contribution in [0.3, 0.4) is 0 Å². The third kappa shape index (κ3) is 2.40. The van der Waals surface area contributed by atoms with E-state index in [9.17, 15) is 40.3 Å². The normalized spacial score (nSPS) is 24.3. The standard InChI is InChI=1S/C9H8F7NO3/c10-4(11)8(12,13)5(18)17-2-1-7(3-17,6(19)20)9(14,15)16/h4H,1-3H2,(H,19,20). The molecular formula is C9H8F7NO3. The predicted molar refractivity (Wildman–Crippen MR) is 48.3 cm³/mol. The Morgan fingerprint density at radius 1 is 1.15 bits per heavy atom. The second kappa shape index (κ2) is 4.77. The van der Waals surface area contributed by atoms with Gasteiger partial charge in [0, 0.05) is 13.1 Å². The highest BCUT2D eigenvalue weighted by molar-refractivity contribution is 5.86. The van der Waals surface area contributed by atoms with Gasteiger partial charge in [0.1, 0.15) is 0 Å². The average molecular weight is 311 g/mol. The quantitative estimate of drug-likeness (QED) is 0.808. The third-order valence-electron chi connectivity index (χ3n) is 3.07. The first-order valence-corrected chi connectivity index (χ1v) is 5.12. The number of carboxylic acid groups (broad SMARTS) is 1. The van der Waals surface area contributed by atoms with Crippen LogP contribution in [0, 0.1) is 5.41 Å². The lowest BCUT2D eigenvalue weighted by molar-refractivity contribution is -0.228. The van der Waals surface area contributed by atoms with E-state index in [0.29, 0.717) is 0 Å². The van der Waals surface area contributed by atoms with Gasteiger partial charge < -0.3 is 10.0 Å². The van der Waals surface area contributed by atoms with Crippen molar-refractivity contribution in [2.75, 3.05) is 13.1 Å².